The van der Waals surface area contributed by atoms with E-state index in [1.54, 1.807) is 7.11 Å². The Balaban J connectivity index is 2.25. The Hall–Kier alpha value is -0.540. The molecule has 1 saturated carbocycles. The summed E-state index contributed by atoms with van der Waals surface area (Å²) in [5.74, 6) is 1.54. The van der Waals surface area contributed by atoms with Gasteiger partial charge in [-0.1, -0.05) is 6.07 Å². The molecule has 0 radical (unpaired) electrons. The maximum absolute atomic E-state index is 6.10. The van der Waals surface area contributed by atoms with Crippen LogP contribution in [0.4, 0.5) is 0 Å². The van der Waals surface area contributed by atoms with Crippen molar-refractivity contribution >= 4 is 15.9 Å². The van der Waals surface area contributed by atoms with Crippen molar-refractivity contribution in [1.29, 1.82) is 0 Å². The monoisotopic (exact) mass is 255 g/mol. The van der Waals surface area contributed by atoms with Gasteiger partial charge in [0.05, 0.1) is 11.6 Å². The zero-order chi connectivity index (χ0) is 10.1. The maximum Gasteiger partial charge on any atom is 0.133 e. The van der Waals surface area contributed by atoms with Crippen LogP contribution >= 0.6 is 15.9 Å². The molecule has 0 aliphatic heterocycles. The first-order chi connectivity index (χ1) is 6.72. The van der Waals surface area contributed by atoms with Gasteiger partial charge in [-0.05, 0) is 52.4 Å². The lowest BCUT2D eigenvalue weighted by Crippen LogP contribution is -2.12. The second-order valence-electron chi connectivity index (χ2n) is 3.76. The second kappa shape index (κ2) is 3.91. The number of ether oxygens (including phenoxy) is 1. The first-order valence-corrected chi connectivity index (χ1v) is 5.60. The van der Waals surface area contributed by atoms with E-state index in [9.17, 15) is 0 Å². The van der Waals surface area contributed by atoms with Crippen LogP contribution in [0.3, 0.4) is 0 Å². The van der Waals surface area contributed by atoms with Crippen molar-refractivity contribution < 1.29 is 4.74 Å². The summed E-state index contributed by atoms with van der Waals surface area (Å²) in [4.78, 5) is 0. The van der Waals surface area contributed by atoms with Crippen molar-refractivity contribution in [2.75, 3.05) is 7.11 Å². The standard InChI is InChI=1S/C11H14BrNO/c1-14-10-6-8(4-5-9(10)12)11(13)7-2-3-7/h4-7,11H,2-3,13H2,1H3/t11-/m1/s1. The van der Waals surface area contributed by atoms with Crippen LogP contribution < -0.4 is 10.5 Å². The van der Waals surface area contributed by atoms with Gasteiger partial charge in [0.15, 0.2) is 0 Å². The minimum absolute atomic E-state index is 0.178. The molecule has 1 fully saturated rings. The Labute approximate surface area is 92.6 Å². The molecule has 0 amide bonds. The molecule has 14 heavy (non-hydrogen) atoms. The second-order valence-corrected chi connectivity index (χ2v) is 4.61. The highest BCUT2D eigenvalue weighted by Crippen LogP contribution is 2.40. The third kappa shape index (κ3) is 1.93. The van der Waals surface area contributed by atoms with Gasteiger partial charge in [-0.15, -0.1) is 0 Å². The normalized spacial score (nSPS) is 17.9. The topological polar surface area (TPSA) is 35.2 Å². The molecule has 0 heterocycles. The Morgan fingerprint density at radius 1 is 1.50 bits per heavy atom. The van der Waals surface area contributed by atoms with E-state index in [0.29, 0.717) is 5.92 Å². The molecule has 2 rings (SSSR count). The molecule has 1 aliphatic carbocycles. The molecule has 76 valence electrons. The fourth-order valence-corrected chi connectivity index (χ4v) is 2.02. The first-order valence-electron chi connectivity index (χ1n) is 4.81. The largest absolute Gasteiger partial charge is 0.496 e. The van der Waals surface area contributed by atoms with Crippen molar-refractivity contribution in [2.45, 2.75) is 18.9 Å². The van der Waals surface area contributed by atoms with E-state index in [2.05, 4.69) is 22.0 Å². The fraction of sp³-hybridized carbons (Fsp3) is 0.455. The van der Waals surface area contributed by atoms with Gasteiger partial charge in [0.1, 0.15) is 5.75 Å². The van der Waals surface area contributed by atoms with Crippen molar-refractivity contribution in [2.24, 2.45) is 11.7 Å². The Kier molecular flexibility index (Phi) is 2.79. The molecule has 0 bridgehead atoms. The summed E-state index contributed by atoms with van der Waals surface area (Å²) in [6.07, 6.45) is 2.53. The molecule has 1 aromatic rings. The van der Waals surface area contributed by atoms with Gasteiger partial charge in [-0.25, -0.2) is 0 Å². The van der Waals surface area contributed by atoms with Crippen molar-refractivity contribution in [1.82, 2.24) is 0 Å². The molecule has 3 heteroatoms. The number of hydrogen-bond acceptors (Lipinski definition) is 2. The minimum atomic E-state index is 0.178. The number of halogens is 1. The number of nitrogens with two attached hydrogens (primary N) is 1. The SMILES string of the molecule is COc1cc([C@H](N)C2CC2)ccc1Br. The summed E-state index contributed by atoms with van der Waals surface area (Å²) < 4.78 is 6.21. The van der Waals surface area contributed by atoms with Crippen LogP contribution in [0.2, 0.25) is 0 Å². The van der Waals surface area contributed by atoms with Crippen molar-refractivity contribution in [3.05, 3.63) is 28.2 Å². The van der Waals surface area contributed by atoms with E-state index in [4.69, 9.17) is 10.5 Å². The molecule has 0 spiro atoms. The van der Waals surface area contributed by atoms with Gasteiger partial charge >= 0.3 is 0 Å². The van der Waals surface area contributed by atoms with E-state index >= 15 is 0 Å². The average Bonchev–Trinajstić information content (AvgIpc) is 3.01. The number of methoxy groups -OCH3 is 1. The zero-order valence-corrected chi connectivity index (χ0v) is 9.75. The molecule has 2 N–H and O–H groups in total. The van der Waals surface area contributed by atoms with Crippen molar-refractivity contribution in [3.63, 3.8) is 0 Å². The van der Waals surface area contributed by atoms with Gasteiger partial charge in [0.2, 0.25) is 0 Å². The minimum Gasteiger partial charge on any atom is -0.496 e. The first kappa shape index (κ1) is 9.99. The molecule has 1 atom stereocenters. The number of rotatable bonds is 3. The average molecular weight is 256 g/mol. The van der Waals surface area contributed by atoms with Crippen molar-refractivity contribution in [3.8, 4) is 5.75 Å². The molecular formula is C11H14BrNO. The quantitative estimate of drug-likeness (QED) is 0.902. The van der Waals surface area contributed by atoms with Crippen LogP contribution in [0.1, 0.15) is 24.4 Å². The Morgan fingerprint density at radius 2 is 2.21 bits per heavy atom. The third-order valence-corrected chi connectivity index (χ3v) is 3.35. The van der Waals surface area contributed by atoms with Crippen LogP contribution in [-0.2, 0) is 0 Å². The van der Waals surface area contributed by atoms with Gasteiger partial charge in [0.25, 0.3) is 0 Å². The lowest BCUT2D eigenvalue weighted by atomic mass is 10.0. The lowest BCUT2D eigenvalue weighted by molar-refractivity contribution is 0.411. The number of hydrogen-bond donors (Lipinski definition) is 1. The van der Waals surface area contributed by atoms with Crippen LogP contribution in [0.5, 0.6) is 5.75 Å². The molecule has 0 saturated heterocycles. The maximum atomic E-state index is 6.10. The molecular weight excluding hydrogens is 242 g/mol. The van der Waals surface area contributed by atoms with Crippen LogP contribution in [0.25, 0.3) is 0 Å². The van der Waals surface area contributed by atoms with E-state index < -0.39 is 0 Å². The molecule has 2 nitrogen and oxygen atoms in total. The predicted octanol–water partition coefficient (Wildman–Crippen LogP) is 2.87. The predicted molar refractivity (Wildman–Crippen MR) is 60.3 cm³/mol. The molecule has 1 aliphatic rings. The summed E-state index contributed by atoms with van der Waals surface area (Å²) in [6.45, 7) is 0. The highest BCUT2D eigenvalue weighted by atomic mass is 79.9. The van der Waals surface area contributed by atoms with Crippen LogP contribution in [0, 0.1) is 5.92 Å². The Morgan fingerprint density at radius 3 is 2.79 bits per heavy atom. The van der Waals surface area contributed by atoms with Gasteiger partial charge < -0.3 is 10.5 Å². The van der Waals surface area contributed by atoms with Crippen LogP contribution in [-0.4, -0.2) is 7.11 Å². The molecule has 1 aromatic carbocycles. The highest BCUT2D eigenvalue weighted by molar-refractivity contribution is 9.10. The Bertz CT molecular complexity index is 336. The van der Waals surface area contributed by atoms with Gasteiger partial charge in [-0.2, -0.15) is 0 Å². The lowest BCUT2D eigenvalue weighted by Gasteiger charge is -2.12. The number of benzene rings is 1. The van der Waals surface area contributed by atoms with E-state index in [1.165, 1.54) is 18.4 Å². The summed E-state index contributed by atoms with van der Waals surface area (Å²) in [7, 11) is 1.67. The summed E-state index contributed by atoms with van der Waals surface area (Å²) in [5.41, 5.74) is 7.28. The molecule has 0 unspecified atom stereocenters. The van der Waals surface area contributed by atoms with Crippen LogP contribution in [0.15, 0.2) is 22.7 Å². The summed E-state index contributed by atoms with van der Waals surface area (Å²) >= 11 is 3.43. The summed E-state index contributed by atoms with van der Waals surface area (Å²) in [6, 6.07) is 6.26. The zero-order valence-electron chi connectivity index (χ0n) is 8.16. The van der Waals surface area contributed by atoms with Gasteiger partial charge in [0, 0.05) is 6.04 Å². The molecule has 0 aromatic heterocycles. The summed E-state index contributed by atoms with van der Waals surface area (Å²) in [5, 5.41) is 0. The third-order valence-electron chi connectivity index (χ3n) is 2.69. The smallest absolute Gasteiger partial charge is 0.133 e. The fourth-order valence-electron chi connectivity index (χ4n) is 1.61. The van der Waals surface area contributed by atoms with Gasteiger partial charge in [-0.3, -0.25) is 0 Å². The highest BCUT2D eigenvalue weighted by Gasteiger charge is 2.29. The van der Waals surface area contributed by atoms with E-state index in [-0.39, 0.29) is 6.04 Å². The van der Waals surface area contributed by atoms with E-state index in [1.807, 2.05) is 12.1 Å². The van der Waals surface area contributed by atoms with E-state index in [0.717, 1.165) is 10.2 Å².